The number of rotatable bonds is 9. The van der Waals surface area contributed by atoms with E-state index in [-0.39, 0.29) is 11.6 Å². The Balaban J connectivity index is 0.000000191. The standard InChI is InChI=1S/C20H15NO.C17H19NO/c22-20(18-4-2-1-3-5-18)19-10-8-16(9-11-19)6-7-17-12-14-21-15-13-17;1-3-18(4-2)16-12-10-15(11-13-16)17(19)14-8-6-5-7-9-14/h1-15H;5-13H,3-4H2,1-2H3/b7-6+;. The minimum absolute atomic E-state index is 0.0465. The molecular weight excluding hydrogens is 504 g/mol. The number of carbonyl (C=O) groups is 2. The molecule has 4 nitrogen and oxygen atoms in total. The highest BCUT2D eigenvalue weighted by atomic mass is 16.1. The highest BCUT2D eigenvalue weighted by molar-refractivity contribution is 6.09. The zero-order valence-electron chi connectivity index (χ0n) is 23.5. The molecule has 41 heavy (non-hydrogen) atoms. The molecule has 0 amide bonds. The zero-order valence-corrected chi connectivity index (χ0v) is 23.5. The first-order valence-corrected chi connectivity index (χ1v) is 13.8. The smallest absolute Gasteiger partial charge is 0.193 e. The van der Waals surface area contributed by atoms with Crippen molar-refractivity contribution in [2.75, 3.05) is 18.0 Å². The van der Waals surface area contributed by atoms with Gasteiger partial charge in [0.15, 0.2) is 11.6 Å². The zero-order chi connectivity index (χ0) is 28.9. The van der Waals surface area contributed by atoms with Crippen molar-refractivity contribution in [2.45, 2.75) is 13.8 Å². The van der Waals surface area contributed by atoms with E-state index in [2.05, 4.69) is 23.7 Å². The maximum Gasteiger partial charge on any atom is 0.193 e. The van der Waals surface area contributed by atoms with E-state index in [9.17, 15) is 9.59 Å². The van der Waals surface area contributed by atoms with Crippen LogP contribution in [-0.2, 0) is 0 Å². The van der Waals surface area contributed by atoms with E-state index < -0.39 is 0 Å². The van der Waals surface area contributed by atoms with E-state index in [1.807, 2.05) is 133 Å². The molecule has 204 valence electrons. The minimum atomic E-state index is 0.0465. The van der Waals surface area contributed by atoms with E-state index in [1.165, 1.54) is 0 Å². The van der Waals surface area contributed by atoms with Crippen molar-refractivity contribution in [3.8, 4) is 0 Å². The third kappa shape index (κ3) is 8.20. The number of hydrogen-bond donors (Lipinski definition) is 0. The van der Waals surface area contributed by atoms with Gasteiger partial charge in [-0.2, -0.15) is 0 Å². The van der Waals surface area contributed by atoms with Crippen LogP contribution in [0.5, 0.6) is 0 Å². The Morgan fingerprint density at radius 3 is 1.37 bits per heavy atom. The summed E-state index contributed by atoms with van der Waals surface area (Å²) in [5.74, 6) is 0.122. The lowest BCUT2D eigenvalue weighted by atomic mass is 10.0. The summed E-state index contributed by atoms with van der Waals surface area (Å²) in [6.07, 6.45) is 7.57. The minimum Gasteiger partial charge on any atom is -0.372 e. The first kappa shape index (κ1) is 28.9. The maximum atomic E-state index is 12.3. The van der Waals surface area contributed by atoms with Crippen molar-refractivity contribution in [3.05, 3.63) is 167 Å². The van der Waals surface area contributed by atoms with Crippen molar-refractivity contribution < 1.29 is 9.59 Å². The second-order valence-corrected chi connectivity index (χ2v) is 9.35. The summed E-state index contributed by atoms with van der Waals surface area (Å²) < 4.78 is 0. The van der Waals surface area contributed by atoms with Crippen LogP contribution in [0.2, 0.25) is 0 Å². The van der Waals surface area contributed by atoms with Crippen LogP contribution < -0.4 is 4.90 Å². The van der Waals surface area contributed by atoms with Crippen molar-refractivity contribution in [2.24, 2.45) is 0 Å². The SMILES string of the molecule is CCN(CC)c1ccc(C(=O)c2ccccc2)cc1.O=C(c1ccccc1)c1ccc(/C=C/c2ccncc2)cc1. The number of ketones is 2. The predicted molar refractivity (Wildman–Crippen MR) is 169 cm³/mol. The lowest BCUT2D eigenvalue weighted by Gasteiger charge is -2.21. The molecule has 5 aromatic rings. The molecule has 4 aromatic carbocycles. The fraction of sp³-hybridized carbons (Fsp3) is 0.108. The number of aromatic nitrogens is 1. The maximum absolute atomic E-state index is 12.3. The first-order valence-electron chi connectivity index (χ1n) is 13.8. The van der Waals surface area contributed by atoms with Crippen molar-refractivity contribution >= 4 is 29.4 Å². The molecule has 0 fully saturated rings. The first-order chi connectivity index (χ1) is 20.1. The molecule has 0 N–H and O–H groups in total. The topological polar surface area (TPSA) is 50.3 Å². The van der Waals surface area contributed by atoms with Crippen LogP contribution >= 0.6 is 0 Å². The van der Waals surface area contributed by atoms with Crippen LogP contribution in [0.15, 0.2) is 134 Å². The van der Waals surface area contributed by atoms with Crippen LogP contribution in [0, 0.1) is 0 Å². The molecule has 4 heteroatoms. The van der Waals surface area contributed by atoms with Crippen molar-refractivity contribution in [1.82, 2.24) is 4.98 Å². The van der Waals surface area contributed by atoms with Crippen molar-refractivity contribution in [3.63, 3.8) is 0 Å². The van der Waals surface area contributed by atoms with Gasteiger partial charge in [0.2, 0.25) is 0 Å². The number of benzene rings is 4. The number of carbonyl (C=O) groups excluding carboxylic acids is 2. The molecular formula is C37H34N2O2. The Hall–Kier alpha value is -5.09. The van der Waals surface area contributed by atoms with Crippen LogP contribution in [0.1, 0.15) is 56.8 Å². The summed E-state index contributed by atoms with van der Waals surface area (Å²) in [4.78, 5) is 30.8. The second-order valence-electron chi connectivity index (χ2n) is 9.35. The van der Waals surface area contributed by atoms with Crippen molar-refractivity contribution in [1.29, 1.82) is 0 Å². The van der Waals surface area contributed by atoms with Gasteiger partial charge in [-0.3, -0.25) is 14.6 Å². The number of anilines is 1. The average molecular weight is 539 g/mol. The monoisotopic (exact) mass is 538 g/mol. The highest BCUT2D eigenvalue weighted by Crippen LogP contribution is 2.17. The third-order valence-corrected chi connectivity index (χ3v) is 6.68. The second kappa shape index (κ2) is 14.9. The quantitative estimate of drug-likeness (QED) is 0.177. The van der Waals surface area contributed by atoms with Gasteiger partial charge in [0, 0.05) is 53.4 Å². The molecule has 1 heterocycles. The van der Waals surface area contributed by atoms with E-state index in [0.717, 1.165) is 41.0 Å². The summed E-state index contributed by atoms with van der Waals surface area (Å²) >= 11 is 0. The molecule has 0 atom stereocenters. The highest BCUT2D eigenvalue weighted by Gasteiger charge is 2.09. The molecule has 0 bridgehead atoms. The van der Waals surface area contributed by atoms with E-state index in [0.29, 0.717) is 11.1 Å². The van der Waals surface area contributed by atoms with Gasteiger partial charge in [-0.15, -0.1) is 0 Å². The van der Waals surface area contributed by atoms with Gasteiger partial charge in [-0.25, -0.2) is 0 Å². The van der Waals surface area contributed by atoms with E-state index in [1.54, 1.807) is 12.4 Å². The molecule has 5 rings (SSSR count). The Labute approximate surface area is 242 Å². The summed E-state index contributed by atoms with van der Waals surface area (Å²) in [6, 6.07) is 38.1. The van der Waals surface area contributed by atoms with Crippen LogP contribution in [0.25, 0.3) is 12.2 Å². The molecule has 0 saturated heterocycles. The Morgan fingerprint density at radius 2 is 0.927 bits per heavy atom. The number of pyridine rings is 1. The normalized spacial score (nSPS) is 10.5. The Morgan fingerprint density at radius 1 is 0.537 bits per heavy atom. The molecule has 0 aliphatic rings. The number of hydrogen-bond acceptors (Lipinski definition) is 4. The molecule has 0 aliphatic heterocycles. The van der Waals surface area contributed by atoms with E-state index >= 15 is 0 Å². The molecule has 0 aliphatic carbocycles. The lowest BCUT2D eigenvalue weighted by molar-refractivity contribution is 0.103. The van der Waals surface area contributed by atoms with Gasteiger partial charge in [0.25, 0.3) is 0 Å². The van der Waals surface area contributed by atoms with Gasteiger partial charge in [-0.1, -0.05) is 97.1 Å². The summed E-state index contributed by atoms with van der Waals surface area (Å²) in [6.45, 7) is 6.21. The fourth-order valence-corrected chi connectivity index (χ4v) is 4.34. The van der Waals surface area contributed by atoms with Gasteiger partial charge < -0.3 is 4.90 Å². The van der Waals surface area contributed by atoms with Gasteiger partial charge in [0.05, 0.1) is 0 Å². The average Bonchev–Trinajstić information content (AvgIpc) is 3.06. The van der Waals surface area contributed by atoms with Gasteiger partial charge in [0.1, 0.15) is 0 Å². The van der Waals surface area contributed by atoms with E-state index in [4.69, 9.17) is 0 Å². The molecule has 0 spiro atoms. The third-order valence-electron chi connectivity index (χ3n) is 6.68. The van der Waals surface area contributed by atoms with Crippen LogP contribution in [0.4, 0.5) is 5.69 Å². The Kier molecular flexibility index (Phi) is 10.5. The Bertz CT molecular complexity index is 1540. The van der Waals surface area contributed by atoms with Crippen LogP contribution in [-0.4, -0.2) is 29.6 Å². The summed E-state index contributed by atoms with van der Waals surface area (Å²) in [5, 5.41) is 0. The van der Waals surface area contributed by atoms with Crippen LogP contribution in [0.3, 0.4) is 0 Å². The predicted octanol–water partition coefficient (Wildman–Crippen LogP) is 8.25. The molecule has 0 saturated carbocycles. The fourth-order valence-electron chi connectivity index (χ4n) is 4.34. The summed E-state index contributed by atoms with van der Waals surface area (Å²) in [7, 11) is 0. The lowest BCUT2D eigenvalue weighted by Crippen LogP contribution is -2.21. The summed E-state index contributed by atoms with van der Waals surface area (Å²) in [5.41, 5.74) is 6.20. The molecule has 1 aromatic heterocycles. The molecule has 0 unspecified atom stereocenters. The van der Waals surface area contributed by atoms with Gasteiger partial charge in [-0.05, 0) is 61.4 Å². The number of nitrogens with zero attached hydrogens (tertiary/aromatic N) is 2. The molecule has 0 radical (unpaired) electrons. The van der Waals surface area contributed by atoms with Gasteiger partial charge >= 0.3 is 0 Å². The largest absolute Gasteiger partial charge is 0.372 e.